The molecule has 7 nitrogen and oxygen atoms in total. The highest BCUT2D eigenvalue weighted by molar-refractivity contribution is 6.34. The van der Waals surface area contributed by atoms with Crippen molar-refractivity contribution in [2.24, 2.45) is 5.73 Å². The van der Waals surface area contributed by atoms with Gasteiger partial charge >= 0.3 is 5.97 Å². The monoisotopic (exact) mass is 302 g/mol. The van der Waals surface area contributed by atoms with Crippen LogP contribution >= 0.6 is 11.6 Å². The fraction of sp³-hybridized carbons (Fsp3) is 0.333. The van der Waals surface area contributed by atoms with Gasteiger partial charge in [-0.3, -0.25) is 4.79 Å². The number of amides is 1. The average molecular weight is 303 g/mol. The summed E-state index contributed by atoms with van der Waals surface area (Å²) < 4.78 is 9.71. The van der Waals surface area contributed by atoms with Crippen LogP contribution < -0.4 is 15.8 Å². The first kappa shape index (κ1) is 16.2. The first-order valence-electron chi connectivity index (χ1n) is 5.57. The second kappa shape index (κ2) is 7.09. The SMILES string of the molecule is COCC(N)C(=O)Nc1cc(OC)c(C(=O)O)cc1Cl. The maximum atomic E-state index is 11.7. The number of hydrogen-bond donors (Lipinski definition) is 3. The van der Waals surface area contributed by atoms with Gasteiger partial charge in [0.15, 0.2) is 0 Å². The topological polar surface area (TPSA) is 111 Å². The van der Waals surface area contributed by atoms with Crippen molar-refractivity contribution in [3.05, 3.63) is 22.7 Å². The molecule has 0 spiro atoms. The molecule has 4 N–H and O–H groups in total. The fourth-order valence-corrected chi connectivity index (χ4v) is 1.68. The van der Waals surface area contributed by atoms with Gasteiger partial charge in [-0.2, -0.15) is 0 Å². The Kier molecular flexibility index (Phi) is 5.75. The number of nitrogens with one attached hydrogen (secondary N) is 1. The number of carbonyl (C=O) groups is 2. The largest absolute Gasteiger partial charge is 0.496 e. The van der Waals surface area contributed by atoms with E-state index in [1.54, 1.807) is 0 Å². The predicted octanol–water partition coefficient (Wildman–Crippen LogP) is 0.959. The molecule has 1 rings (SSSR count). The molecule has 1 atom stereocenters. The molecule has 8 heteroatoms. The van der Waals surface area contributed by atoms with Crippen molar-refractivity contribution >= 4 is 29.2 Å². The summed E-state index contributed by atoms with van der Waals surface area (Å²) in [5, 5.41) is 11.5. The van der Waals surface area contributed by atoms with E-state index in [4.69, 9.17) is 31.9 Å². The molecule has 110 valence electrons. The first-order valence-corrected chi connectivity index (χ1v) is 5.94. The molecule has 0 saturated carbocycles. The zero-order valence-corrected chi connectivity index (χ0v) is 11.7. The Hall–Kier alpha value is -1.83. The van der Waals surface area contributed by atoms with E-state index in [1.807, 2.05) is 0 Å². The molecule has 0 aliphatic rings. The summed E-state index contributed by atoms with van der Waals surface area (Å²) >= 11 is 5.92. The summed E-state index contributed by atoms with van der Waals surface area (Å²) in [7, 11) is 2.74. The van der Waals surface area contributed by atoms with Crippen molar-refractivity contribution in [3.8, 4) is 5.75 Å². The number of halogens is 1. The van der Waals surface area contributed by atoms with Gasteiger partial charge in [-0.1, -0.05) is 11.6 Å². The van der Waals surface area contributed by atoms with E-state index in [-0.39, 0.29) is 28.6 Å². The summed E-state index contributed by atoms with van der Waals surface area (Å²) in [6, 6.07) is 1.66. The maximum absolute atomic E-state index is 11.7. The van der Waals surface area contributed by atoms with Gasteiger partial charge in [0.25, 0.3) is 0 Å². The summed E-state index contributed by atoms with van der Waals surface area (Å²) in [5.41, 5.74) is 5.68. The molecule has 1 aromatic carbocycles. The van der Waals surface area contributed by atoms with Crippen LogP contribution in [0.4, 0.5) is 5.69 Å². The minimum Gasteiger partial charge on any atom is -0.496 e. The Bertz CT molecular complexity index is 521. The fourth-order valence-electron chi connectivity index (χ4n) is 1.47. The molecular weight excluding hydrogens is 288 g/mol. The first-order chi connectivity index (χ1) is 9.40. The smallest absolute Gasteiger partial charge is 0.339 e. The minimum absolute atomic E-state index is 0.0494. The van der Waals surface area contributed by atoms with E-state index < -0.39 is 17.9 Å². The summed E-state index contributed by atoms with van der Waals surface area (Å²) in [6.45, 7) is 0.0494. The van der Waals surface area contributed by atoms with E-state index in [9.17, 15) is 9.59 Å². The molecule has 1 unspecified atom stereocenters. The number of aromatic carboxylic acids is 1. The molecule has 0 radical (unpaired) electrons. The number of nitrogens with two attached hydrogens (primary N) is 1. The van der Waals surface area contributed by atoms with Crippen LogP contribution in [0.5, 0.6) is 5.75 Å². The van der Waals surface area contributed by atoms with Gasteiger partial charge in [0.2, 0.25) is 5.91 Å². The highest BCUT2D eigenvalue weighted by Gasteiger charge is 2.18. The Morgan fingerprint density at radius 1 is 1.45 bits per heavy atom. The van der Waals surface area contributed by atoms with Crippen molar-refractivity contribution in [3.63, 3.8) is 0 Å². The Balaban J connectivity index is 3.02. The van der Waals surface area contributed by atoms with E-state index >= 15 is 0 Å². The highest BCUT2D eigenvalue weighted by Crippen LogP contribution is 2.31. The molecule has 0 aliphatic carbocycles. The second-order valence-corrected chi connectivity index (χ2v) is 4.30. The molecule has 0 saturated heterocycles. The number of carbonyl (C=O) groups excluding carboxylic acids is 1. The normalized spacial score (nSPS) is 11.8. The molecular formula is C12H15ClN2O5. The number of carboxylic acids is 1. The number of methoxy groups -OCH3 is 2. The standard InChI is InChI=1S/C12H15ClN2O5/c1-19-5-8(14)11(16)15-9-4-10(20-2)6(12(17)18)3-7(9)13/h3-4,8H,5,14H2,1-2H3,(H,15,16)(H,17,18). The lowest BCUT2D eigenvalue weighted by Gasteiger charge is -2.14. The van der Waals surface area contributed by atoms with Gasteiger partial charge in [0.1, 0.15) is 17.4 Å². The average Bonchev–Trinajstić information content (AvgIpc) is 2.40. The van der Waals surface area contributed by atoms with Gasteiger partial charge < -0.3 is 25.6 Å². The molecule has 0 bridgehead atoms. The lowest BCUT2D eigenvalue weighted by atomic mass is 10.1. The van der Waals surface area contributed by atoms with Crippen molar-refractivity contribution < 1.29 is 24.2 Å². The van der Waals surface area contributed by atoms with Gasteiger partial charge in [-0.15, -0.1) is 0 Å². The number of hydrogen-bond acceptors (Lipinski definition) is 5. The second-order valence-electron chi connectivity index (χ2n) is 3.89. The molecule has 0 aliphatic heterocycles. The Labute approximate surface area is 120 Å². The Morgan fingerprint density at radius 3 is 2.60 bits per heavy atom. The molecule has 0 heterocycles. The summed E-state index contributed by atoms with van der Waals surface area (Å²) in [5.74, 6) is -1.60. The Morgan fingerprint density at radius 2 is 2.10 bits per heavy atom. The van der Waals surface area contributed by atoms with Crippen LogP contribution in [0, 0.1) is 0 Å². The van der Waals surface area contributed by atoms with E-state index in [0.717, 1.165) is 0 Å². The maximum Gasteiger partial charge on any atom is 0.339 e. The van der Waals surface area contributed by atoms with Crippen molar-refractivity contribution in [1.82, 2.24) is 0 Å². The third kappa shape index (κ3) is 3.83. The predicted molar refractivity (Wildman–Crippen MR) is 73.4 cm³/mol. The molecule has 1 amide bonds. The minimum atomic E-state index is -1.18. The van der Waals surface area contributed by atoms with Crippen LogP contribution in [-0.2, 0) is 9.53 Å². The molecule has 0 fully saturated rings. The van der Waals surface area contributed by atoms with E-state index in [1.165, 1.54) is 26.4 Å². The quantitative estimate of drug-likeness (QED) is 0.722. The van der Waals surface area contributed by atoms with Crippen LogP contribution in [0.25, 0.3) is 0 Å². The third-order valence-electron chi connectivity index (χ3n) is 2.46. The number of carboxylic acid groups (broad SMARTS) is 1. The zero-order valence-electron chi connectivity index (χ0n) is 11.0. The molecule has 20 heavy (non-hydrogen) atoms. The van der Waals surface area contributed by atoms with Crippen LogP contribution in [0.1, 0.15) is 10.4 Å². The number of rotatable bonds is 6. The van der Waals surface area contributed by atoms with Gasteiger partial charge in [-0.05, 0) is 6.07 Å². The van der Waals surface area contributed by atoms with E-state index in [2.05, 4.69) is 5.32 Å². The summed E-state index contributed by atoms with van der Waals surface area (Å²) in [6.07, 6.45) is 0. The highest BCUT2D eigenvalue weighted by atomic mass is 35.5. The third-order valence-corrected chi connectivity index (χ3v) is 2.77. The van der Waals surface area contributed by atoms with Gasteiger partial charge in [0, 0.05) is 13.2 Å². The number of benzene rings is 1. The van der Waals surface area contributed by atoms with Crippen molar-refractivity contribution in [1.29, 1.82) is 0 Å². The van der Waals surface area contributed by atoms with E-state index in [0.29, 0.717) is 0 Å². The number of anilines is 1. The molecule has 0 aromatic heterocycles. The lowest BCUT2D eigenvalue weighted by Crippen LogP contribution is -2.39. The van der Waals surface area contributed by atoms with Crippen LogP contribution in [0.2, 0.25) is 5.02 Å². The molecule has 1 aromatic rings. The van der Waals surface area contributed by atoms with Crippen LogP contribution in [0.15, 0.2) is 12.1 Å². The zero-order chi connectivity index (χ0) is 15.3. The number of ether oxygens (including phenoxy) is 2. The van der Waals surface area contributed by atoms with Crippen LogP contribution in [-0.4, -0.2) is 43.9 Å². The van der Waals surface area contributed by atoms with Crippen molar-refractivity contribution in [2.45, 2.75) is 6.04 Å². The van der Waals surface area contributed by atoms with Crippen LogP contribution in [0.3, 0.4) is 0 Å². The summed E-state index contributed by atoms with van der Waals surface area (Å²) in [4.78, 5) is 22.7. The lowest BCUT2D eigenvalue weighted by molar-refractivity contribution is -0.118. The van der Waals surface area contributed by atoms with Gasteiger partial charge in [0.05, 0.1) is 24.4 Å². The van der Waals surface area contributed by atoms with Gasteiger partial charge in [-0.25, -0.2) is 4.79 Å². The van der Waals surface area contributed by atoms with Crippen molar-refractivity contribution in [2.75, 3.05) is 26.1 Å².